The van der Waals surface area contributed by atoms with Crippen molar-refractivity contribution in [3.05, 3.63) is 95.9 Å². The summed E-state index contributed by atoms with van der Waals surface area (Å²) in [5.74, 6) is -1.05. The summed E-state index contributed by atoms with van der Waals surface area (Å²) in [5.41, 5.74) is 0.909. The number of nitrogens with one attached hydrogen (secondary N) is 1. The quantitative estimate of drug-likeness (QED) is 0.133. The van der Waals surface area contributed by atoms with E-state index in [-0.39, 0.29) is 33.6 Å². The molecule has 0 saturated carbocycles. The van der Waals surface area contributed by atoms with Gasteiger partial charge in [-0.1, -0.05) is 23.2 Å². The maximum atomic E-state index is 13.2. The van der Waals surface area contributed by atoms with Crippen LogP contribution in [0, 0.1) is 10.1 Å². The molecule has 0 aromatic heterocycles. The van der Waals surface area contributed by atoms with E-state index < -0.39 is 22.8 Å². The number of halogens is 3. The van der Waals surface area contributed by atoms with Gasteiger partial charge in [0.25, 0.3) is 17.5 Å². The molecule has 13 heteroatoms. The lowest BCUT2D eigenvalue weighted by atomic mass is 10.1. The normalized spacial score (nSPS) is 14.4. The predicted octanol–water partition coefficient (Wildman–Crippen LogP) is 6.31. The molecule has 1 aliphatic rings. The lowest BCUT2D eigenvalue weighted by Gasteiger charge is -2.26. The van der Waals surface area contributed by atoms with Gasteiger partial charge in [0.05, 0.1) is 31.7 Å². The standard InChI is InChI=1S/C26H18BrCl2N3O7/c1-2-38-22-11-15(10-19(27)23(22)39-13-14-3-5-16(6-4-14)32(36)37)9-18-24(33)30-26(35)31(25(18)34)17-7-8-20(28)21(29)12-17/h3-12H,2,13H2,1H3,(H,30,33,35)/b18-9+. The first kappa shape index (κ1) is 28.1. The lowest BCUT2D eigenvalue weighted by molar-refractivity contribution is -0.384. The third-order valence-corrected chi connectivity index (χ3v) is 6.76. The number of rotatable bonds is 8. The van der Waals surface area contributed by atoms with Crippen molar-refractivity contribution in [1.82, 2.24) is 5.32 Å². The number of nitrogens with zero attached hydrogens (tertiary/aromatic N) is 2. The van der Waals surface area contributed by atoms with E-state index in [1.165, 1.54) is 36.4 Å². The number of benzene rings is 3. The van der Waals surface area contributed by atoms with E-state index in [1.54, 1.807) is 31.2 Å². The van der Waals surface area contributed by atoms with Crippen molar-refractivity contribution in [1.29, 1.82) is 0 Å². The topological polar surface area (TPSA) is 128 Å². The van der Waals surface area contributed by atoms with Gasteiger partial charge >= 0.3 is 6.03 Å². The molecule has 0 aliphatic carbocycles. The Bertz CT molecular complexity index is 1530. The fourth-order valence-corrected chi connectivity index (χ4v) is 4.49. The molecule has 200 valence electrons. The summed E-state index contributed by atoms with van der Waals surface area (Å²) in [6.07, 6.45) is 1.32. The maximum Gasteiger partial charge on any atom is 0.335 e. The third kappa shape index (κ3) is 6.22. The summed E-state index contributed by atoms with van der Waals surface area (Å²) in [5, 5.41) is 13.4. The van der Waals surface area contributed by atoms with Crippen LogP contribution in [-0.2, 0) is 16.2 Å². The Balaban J connectivity index is 1.63. The molecule has 0 radical (unpaired) electrons. The summed E-state index contributed by atoms with van der Waals surface area (Å²) in [6, 6.07) is 12.4. The highest BCUT2D eigenvalue weighted by Gasteiger charge is 2.37. The molecular weight excluding hydrogens is 617 g/mol. The van der Waals surface area contributed by atoms with Crippen LogP contribution in [0.3, 0.4) is 0 Å². The molecule has 0 unspecified atom stereocenters. The highest BCUT2D eigenvalue weighted by molar-refractivity contribution is 9.10. The monoisotopic (exact) mass is 633 g/mol. The molecule has 1 aliphatic heterocycles. The van der Waals surface area contributed by atoms with Crippen LogP contribution in [0.15, 0.2) is 64.6 Å². The van der Waals surface area contributed by atoms with Crippen molar-refractivity contribution >= 4 is 74.4 Å². The molecular formula is C26H18BrCl2N3O7. The number of non-ortho nitro benzene ring substituents is 1. The summed E-state index contributed by atoms with van der Waals surface area (Å²) in [6.45, 7) is 2.16. The average molecular weight is 635 g/mol. The minimum absolute atomic E-state index is 0.0342. The Morgan fingerprint density at radius 1 is 1.03 bits per heavy atom. The van der Waals surface area contributed by atoms with E-state index in [4.69, 9.17) is 32.7 Å². The second kappa shape index (κ2) is 11.9. The van der Waals surface area contributed by atoms with Gasteiger partial charge in [0.2, 0.25) is 0 Å². The number of barbiturate groups is 1. The maximum absolute atomic E-state index is 13.2. The largest absolute Gasteiger partial charge is 0.490 e. The fraction of sp³-hybridized carbons (Fsp3) is 0.115. The van der Waals surface area contributed by atoms with Gasteiger partial charge in [-0.25, -0.2) is 9.69 Å². The number of nitro benzene ring substituents is 1. The molecule has 39 heavy (non-hydrogen) atoms. The molecule has 1 heterocycles. The van der Waals surface area contributed by atoms with Crippen LogP contribution in [0.5, 0.6) is 11.5 Å². The lowest BCUT2D eigenvalue weighted by Crippen LogP contribution is -2.54. The van der Waals surface area contributed by atoms with Crippen LogP contribution >= 0.6 is 39.1 Å². The first-order valence-corrected chi connectivity index (χ1v) is 12.8. The predicted molar refractivity (Wildman–Crippen MR) is 148 cm³/mol. The van der Waals surface area contributed by atoms with Gasteiger partial charge in [-0.3, -0.25) is 25.0 Å². The highest BCUT2D eigenvalue weighted by atomic mass is 79.9. The van der Waals surface area contributed by atoms with Gasteiger partial charge in [0.15, 0.2) is 11.5 Å². The minimum atomic E-state index is -0.924. The van der Waals surface area contributed by atoms with Gasteiger partial charge in [-0.2, -0.15) is 0 Å². The van der Waals surface area contributed by atoms with E-state index in [2.05, 4.69) is 21.2 Å². The fourth-order valence-electron chi connectivity index (χ4n) is 3.63. The molecule has 1 saturated heterocycles. The SMILES string of the molecule is CCOc1cc(/C=C2\C(=O)NC(=O)N(c3ccc(Cl)c(Cl)c3)C2=O)cc(Br)c1OCc1ccc([N+](=O)[O-])cc1. The van der Waals surface area contributed by atoms with Crippen LogP contribution in [0.25, 0.3) is 6.08 Å². The first-order chi connectivity index (χ1) is 18.6. The van der Waals surface area contributed by atoms with E-state index in [9.17, 15) is 24.5 Å². The second-order valence-corrected chi connectivity index (χ2v) is 9.70. The van der Waals surface area contributed by atoms with Gasteiger partial charge in [-0.15, -0.1) is 0 Å². The van der Waals surface area contributed by atoms with Crippen molar-refractivity contribution < 1.29 is 28.8 Å². The van der Waals surface area contributed by atoms with E-state index >= 15 is 0 Å². The summed E-state index contributed by atoms with van der Waals surface area (Å²) in [7, 11) is 0. The molecule has 1 fully saturated rings. The van der Waals surface area contributed by atoms with Crippen molar-refractivity contribution in [3.63, 3.8) is 0 Å². The molecule has 0 atom stereocenters. The Morgan fingerprint density at radius 2 is 1.74 bits per heavy atom. The molecule has 0 spiro atoms. The molecule has 4 rings (SSSR count). The zero-order valence-electron chi connectivity index (χ0n) is 20.1. The van der Waals surface area contributed by atoms with Crippen LogP contribution in [0.1, 0.15) is 18.1 Å². The number of amides is 4. The molecule has 3 aromatic carbocycles. The average Bonchev–Trinajstić information content (AvgIpc) is 2.88. The minimum Gasteiger partial charge on any atom is -0.490 e. The number of carbonyl (C=O) groups excluding carboxylic acids is 3. The van der Waals surface area contributed by atoms with E-state index in [0.717, 1.165) is 4.90 Å². The zero-order chi connectivity index (χ0) is 28.3. The first-order valence-electron chi connectivity index (χ1n) is 11.3. The van der Waals surface area contributed by atoms with Gasteiger partial charge in [0.1, 0.15) is 12.2 Å². The Hall–Kier alpha value is -3.93. The van der Waals surface area contributed by atoms with Gasteiger partial charge < -0.3 is 9.47 Å². The molecule has 3 aromatic rings. The highest BCUT2D eigenvalue weighted by Crippen LogP contribution is 2.38. The summed E-state index contributed by atoms with van der Waals surface area (Å²) < 4.78 is 12.1. The number of hydrogen-bond acceptors (Lipinski definition) is 7. The van der Waals surface area contributed by atoms with Crippen LogP contribution < -0.4 is 19.7 Å². The van der Waals surface area contributed by atoms with Crippen molar-refractivity contribution in [2.45, 2.75) is 13.5 Å². The van der Waals surface area contributed by atoms with Crippen LogP contribution in [-0.4, -0.2) is 29.4 Å². The third-order valence-electron chi connectivity index (χ3n) is 5.44. The number of anilines is 1. The summed E-state index contributed by atoms with van der Waals surface area (Å²) in [4.78, 5) is 49.5. The number of nitro groups is 1. The van der Waals surface area contributed by atoms with Crippen LogP contribution in [0.2, 0.25) is 10.0 Å². The number of hydrogen-bond donors (Lipinski definition) is 1. The van der Waals surface area contributed by atoms with Crippen LogP contribution in [0.4, 0.5) is 16.2 Å². The van der Waals surface area contributed by atoms with Crippen molar-refractivity contribution in [2.75, 3.05) is 11.5 Å². The number of imide groups is 2. The molecule has 4 amide bonds. The van der Waals surface area contributed by atoms with Crippen molar-refractivity contribution in [3.8, 4) is 11.5 Å². The Labute approximate surface area is 240 Å². The number of urea groups is 1. The smallest absolute Gasteiger partial charge is 0.335 e. The van der Waals surface area contributed by atoms with E-state index in [0.29, 0.717) is 33.7 Å². The Kier molecular flexibility index (Phi) is 8.54. The molecule has 10 nitrogen and oxygen atoms in total. The Morgan fingerprint density at radius 3 is 2.38 bits per heavy atom. The molecule has 1 N–H and O–H groups in total. The zero-order valence-corrected chi connectivity index (χ0v) is 23.2. The second-order valence-electron chi connectivity index (χ2n) is 8.03. The van der Waals surface area contributed by atoms with Gasteiger partial charge in [-0.05, 0) is 82.5 Å². The number of ether oxygens (including phenoxy) is 2. The molecule has 0 bridgehead atoms. The van der Waals surface area contributed by atoms with Crippen molar-refractivity contribution in [2.24, 2.45) is 0 Å². The summed E-state index contributed by atoms with van der Waals surface area (Å²) >= 11 is 15.4. The number of carbonyl (C=O) groups is 3. The van der Waals surface area contributed by atoms with Gasteiger partial charge in [0, 0.05) is 12.1 Å². The van der Waals surface area contributed by atoms with E-state index in [1.807, 2.05) is 0 Å².